The molecular formula is C35H22N4. The molecule has 182 valence electrons. The molecule has 0 aliphatic rings. The predicted octanol–water partition coefficient (Wildman–Crippen LogP) is 8.61. The minimum Gasteiger partial charge on any atom is -0.278 e. The van der Waals surface area contributed by atoms with Crippen LogP contribution in [0.1, 0.15) is 0 Å². The number of rotatable bonds is 3. The highest BCUT2D eigenvalue weighted by Crippen LogP contribution is 2.35. The molecule has 0 spiro atoms. The molecular weight excluding hydrogens is 476 g/mol. The first-order chi connectivity index (χ1) is 19.3. The predicted molar refractivity (Wildman–Crippen MR) is 160 cm³/mol. The zero-order valence-corrected chi connectivity index (χ0v) is 21.0. The largest absolute Gasteiger partial charge is 0.278 e. The van der Waals surface area contributed by atoms with Gasteiger partial charge < -0.3 is 0 Å². The highest BCUT2D eigenvalue weighted by atomic mass is 15.2. The average molecular weight is 499 g/mol. The first-order valence-corrected chi connectivity index (χ1v) is 13.0. The van der Waals surface area contributed by atoms with Crippen LogP contribution < -0.4 is 0 Å². The van der Waals surface area contributed by atoms with Crippen LogP contribution in [0.2, 0.25) is 0 Å². The molecule has 0 aliphatic carbocycles. The number of fused-ring (bicyclic) bond motifs is 5. The fourth-order valence-electron chi connectivity index (χ4n) is 5.56. The van der Waals surface area contributed by atoms with Crippen molar-refractivity contribution in [2.75, 3.05) is 0 Å². The maximum absolute atomic E-state index is 5.02. The van der Waals surface area contributed by atoms with Gasteiger partial charge in [-0.3, -0.25) is 9.55 Å². The van der Waals surface area contributed by atoms with Crippen LogP contribution in [-0.2, 0) is 0 Å². The van der Waals surface area contributed by atoms with Crippen LogP contribution in [0, 0.1) is 0 Å². The number of para-hydroxylation sites is 1. The second kappa shape index (κ2) is 8.61. The van der Waals surface area contributed by atoms with Gasteiger partial charge in [0.1, 0.15) is 0 Å². The van der Waals surface area contributed by atoms with Crippen molar-refractivity contribution < 1.29 is 0 Å². The van der Waals surface area contributed by atoms with Crippen LogP contribution in [0.15, 0.2) is 134 Å². The van der Waals surface area contributed by atoms with Crippen LogP contribution in [0.4, 0.5) is 0 Å². The molecule has 3 aromatic heterocycles. The summed E-state index contributed by atoms with van der Waals surface area (Å²) in [4.78, 5) is 14.4. The topological polar surface area (TPSA) is 43.6 Å². The maximum atomic E-state index is 5.02. The van der Waals surface area contributed by atoms with E-state index in [4.69, 9.17) is 9.97 Å². The molecule has 0 fully saturated rings. The zero-order valence-electron chi connectivity index (χ0n) is 21.0. The highest BCUT2D eigenvalue weighted by molar-refractivity contribution is 6.13. The van der Waals surface area contributed by atoms with Crippen molar-refractivity contribution in [3.63, 3.8) is 0 Å². The van der Waals surface area contributed by atoms with E-state index in [0.29, 0.717) is 5.95 Å². The summed E-state index contributed by atoms with van der Waals surface area (Å²) in [5.41, 5.74) is 7.52. The van der Waals surface area contributed by atoms with Crippen LogP contribution >= 0.6 is 0 Å². The Labute approximate surface area is 224 Å². The lowest BCUT2D eigenvalue weighted by Gasteiger charge is -2.09. The molecule has 8 aromatic rings. The monoisotopic (exact) mass is 498 g/mol. The van der Waals surface area contributed by atoms with Crippen molar-refractivity contribution in [3.05, 3.63) is 134 Å². The molecule has 0 aliphatic heterocycles. The Morgan fingerprint density at radius 3 is 2.21 bits per heavy atom. The Morgan fingerprint density at radius 1 is 0.487 bits per heavy atom. The summed E-state index contributed by atoms with van der Waals surface area (Å²) in [5, 5.41) is 5.77. The Bertz CT molecular complexity index is 2160. The van der Waals surface area contributed by atoms with Gasteiger partial charge in [-0.1, -0.05) is 72.8 Å². The van der Waals surface area contributed by atoms with Gasteiger partial charge in [0.05, 0.1) is 22.2 Å². The molecule has 0 saturated heterocycles. The van der Waals surface area contributed by atoms with Gasteiger partial charge in [-0.2, -0.15) is 0 Å². The number of pyridine rings is 1. The van der Waals surface area contributed by atoms with Gasteiger partial charge in [0, 0.05) is 34.1 Å². The third-order valence-corrected chi connectivity index (χ3v) is 7.47. The van der Waals surface area contributed by atoms with Crippen molar-refractivity contribution in [1.29, 1.82) is 0 Å². The highest BCUT2D eigenvalue weighted by Gasteiger charge is 2.16. The number of nitrogens with zero attached hydrogens (tertiary/aromatic N) is 4. The minimum absolute atomic E-state index is 0.666. The van der Waals surface area contributed by atoms with Crippen LogP contribution in [0.3, 0.4) is 0 Å². The zero-order chi connectivity index (χ0) is 25.8. The summed E-state index contributed by atoms with van der Waals surface area (Å²) >= 11 is 0. The van der Waals surface area contributed by atoms with Crippen molar-refractivity contribution in [3.8, 4) is 28.3 Å². The molecule has 4 nitrogen and oxygen atoms in total. The van der Waals surface area contributed by atoms with E-state index in [0.717, 1.165) is 33.2 Å². The summed E-state index contributed by atoms with van der Waals surface area (Å²) in [7, 11) is 0. The number of hydrogen-bond acceptors (Lipinski definition) is 3. The van der Waals surface area contributed by atoms with E-state index in [2.05, 4.69) is 113 Å². The molecule has 3 heterocycles. The molecule has 0 radical (unpaired) electrons. The van der Waals surface area contributed by atoms with Gasteiger partial charge in [-0.15, -0.1) is 0 Å². The lowest BCUT2D eigenvalue weighted by Crippen LogP contribution is -2.01. The fraction of sp³-hybridized carbons (Fsp3) is 0. The molecule has 0 unspecified atom stereocenters. The van der Waals surface area contributed by atoms with E-state index in [1.165, 1.54) is 32.7 Å². The van der Waals surface area contributed by atoms with E-state index < -0.39 is 0 Å². The van der Waals surface area contributed by atoms with E-state index in [-0.39, 0.29) is 0 Å². The summed E-state index contributed by atoms with van der Waals surface area (Å²) in [6, 6.07) is 42.4. The van der Waals surface area contributed by atoms with Gasteiger partial charge in [-0.05, 0) is 70.4 Å². The second-order valence-corrected chi connectivity index (χ2v) is 9.81. The Balaban J connectivity index is 1.32. The van der Waals surface area contributed by atoms with E-state index >= 15 is 0 Å². The van der Waals surface area contributed by atoms with Gasteiger partial charge in [0.25, 0.3) is 0 Å². The van der Waals surface area contributed by atoms with Gasteiger partial charge in [0.2, 0.25) is 5.95 Å². The quantitative estimate of drug-likeness (QED) is 0.245. The minimum atomic E-state index is 0.666. The fourth-order valence-corrected chi connectivity index (χ4v) is 5.56. The average Bonchev–Trinajstić information content (AvgIpc) is 3.33. The summed E-state index contributed by atoms with van der Waals surface area (Å²) < 4.78 is 2.18. The smallest absolute Gasteiger partial charge is 0.235 e. The molecule has 0 amide bonds. The van der Waals surface area contributed by atoms with Crippen LogP contribution in [0.5, 0.6) is 0 Å². The van der Waals surface area contributed by atoms with E-state index in [1.807, 2.05) is 30.6 Å². The first-order valence-electron chi connectivity index (χ1n) is 13.0. The molecule has 0 bridgehead atoms. The Kier molecular flexibility index (Phi) is 4.79. The van der Waals surface area contributed by atoms with Gasteiger partial charge in [-0.25, -0.2) is 9.97 Å². The van der Waals surface area contributed by atoms with Gasteiger partial charge >= 0.3 is 0 Å². The lowest BCUT2D eigenvalue weighted by molar-refractivity contribution is 1.01. The maximum Gasteiger partial charge on any atom is 0.235 e. The van der Waals surface area contributed by atoms with Crippen molar-refractivity contribution in [2.24, 2.45) is 0 Å². The molecule has 4 heteroatoms. The third-order valence-electron chi connectivity index (χ3n) is 7.47. The summed E-state index contributed by atoms with van der Waals surface area (Å²) in [6.07, 6.45) is 3.73. The standard InChI is InChI=1S/C35H22N4/c1-2-8-23(9-3-1)24-13-14-25-21-34-30(20-27(25)18-24)29-10-4-5-12-33(29)39(34)35-37-22-28-19-26(15-16-32(28)38-35)31-11-6-7-17-36-31/h1-22H. The molecule has 8 rings (SSSR count). The Morgan fingerprint density at radius 2 is 1.31 bits per heavy atom. The van der Waals surface area contributed by atoms with Crippen molar-refractivity contribution >= 4 is 43.5 Å². The van der Waals surface area contributed by atoms with E-state index in [1.54, 1.807) is 0 Å². The number of hydrogen-bond donors (Lipinski definition) is 0. The van der Waals surface area contributed by atoms with Gasteiger partial charge in [0.15, 0.2) is 0 Å². The lowest BCUT2D eigenvalue weighted by atomic mass is 10.00. The summed E-state index contributed by atoms with van der Waals surface area (Å²) in [5.74, 6) is 0.666. The number of benzene rings is 5. The molecule has 0 saturated carbocycles. The summed E-state index contributed by atoms with van der Waals surface area (Å²) in [6.45, 7) is 0. The van der Waals surface area contributed by atoms with Crippen molar-refractivity contribution in [2.45, 2.75) is 0 Å². The molecule has 5 aromatic carbocycles. The first kappa shape index (κ1) is 21.7. The molecule has 39 heavy (non-hydrogen) atoms. The second-order valence-electron chi connectivity index (χ2n) is 9.81. The van der Waals surface area contributed by atoms with Crippen molar-refractivity contribution in [1.82, 2.24) is 19.5 Å². The third kappa shape index (κ3) is 3.57. The molecule has 0 atom stereocenters. The van der Waals surface area contributed by atoms with Crippen LogP contribution in [-0.4, -0.2) is 19.5 Å². The Hall–Kier alpha value is -5.35. The normalized spacial score (nSPS) is 11.6. The van der Waals surface area contributed by atoms with Crippen LogP contribution in [0.25, 0.3) is 71.8 Å². The molecule has 0 N–H and O–H groups in total. The SMILES string of the molecule is c1ccc(-c2ccc3cc4c(cc3c2)c2ccccc2n4-c2ncc3cc(-c4ccccn4)ccc3n2)cc1. The van der Waals surface area contributed by atoms with E-state index in [9.17, 15) is 0 Å². The number of aromatic nitrogens is 4.